The molecule has 0 spiro atoms. The minimum Gasteiger partial charge on any atom is -0.475 e. The molecule has 214 valence electrons. The Bertz CT molecular complexity index is 1190. The standard InChI is InChI=1S/C18H21N5O2.2C2HF3O2/c1-12-4-3-5-14(20-12)18(25)22-9-8-16-15(22)6-7-17(24)23(16)13-10-19-21(2)11-13;2*3-2(4,5)1(6)7/h3-5,10-11,15-16H,6-9H2,1-2H3;2*(H,6,7)/t15-,16-;;/m0../s1. The van der Waals surface area contributed by atoms with Crippen LogP contribution in [0, 0.1) is 6.92 Å². The number of nitrogens with zero attached hydrogens (tertiary/aromatic N) is 5. The van der Waals surface area contributed by atoms with Crippen molar-refractivity contribution in [1.82, 2.24) is 19.7 Å². The molecule has 0 saturated carbocycles. The summed E-state index contributed by atoms with van der Waals surface area (Å²) in [5.74, 6) is -5.45. The molecule has 2 aromatic rings. The maximum atomic E-state index is 12.9. The average Bonchev–Trinajstić information content (AvgIpc) is 3.44. The molecular formula is C22H23F6N5O6. The molecule has 2 N–H and O–H groups in total. The van der Waals surface area contributed by atoms with Crippen LogP contribution in [0.2, 0.25) is 0 Å². The number of anilines is 1. The summed E-state index contributed by atoms with van der Waals surface area (Å²) < 4.78 is 65.2. The Kier molecular flexibility index (Phi) is 9.65. The van der Waals surface area contributed by atoms with E-state index in [1.54, 1.807) is 16.9 Å². The largest absolute Gasteiger partial charge is 0.490 e. The van der Waals surface area contributed by atoms with Crippen LogP contribution in [0.5, 0.6) is 0 Å². The van der Waals surface area contributed by atoms with Crippen molar-refractivity contribution in [3.63, 3.8) is 0 Å². The summed E-state index contributed by atoms with van der Waals surface area (Å²) in [7, 11) is 1.84. The number of carbonyl (C=O) groups is 4. The van der Waals surface area contributed by atoms with Gasteiger partial charge in [-0.2, -0.15) is 31.4 Å². The number of hydrogen-bond acceptors (Lipinski definition) is 6. The van der Waals surface area contributed by atoms with Gasteiger partial charge in [0.05, 0.1) is 24.0 Å². The number of aryl methyl sites for hydroxylation is 2. The van der Waals surface area contributed by atoms with Crippen LogP contribution in [0.4, 0.5) is 32.0 Å². The van der Waals surface area contributed by atoms with Crippen molar-refractivity contribution >= 4 is 29.4 Å². The fourth-order valence-corrected chi connectivity index (χ4v) is 3.99. The van der Waals surface area contributed by atoms with Gasteiger partial charge >= 0.3 is 24.3 Å². The maximum absolute atomic E-state index is 12.9. The van der Waals surface area contributed by atoms with Crippen molar-refractivity contribution in [2.45, 2.75) is 50.6 Å². The van der Waals surface area contributed by atoms with E-state index in [0.717, 1.165) is 17.8 Å². The van der Waals surface area contributed by atoms with Crippen LogP contribution >= 0.6 is 0 Å². The van der Waals surface area contributed by atoms with Crippen LogP contribution in [0.25, 0.3) is 0 Å². The van der Waals surface area contributed by atoms with E-state index < -0.39 is 24.3 Å². The second kappa shape index (κ2) is 12.1. The SMILES string of the molecule is Cc1cccc(C(=O)N2CC[C@H]3[C@@H]2CCC(=O)N3c2cnn(C)c2)n1.O=C(O)C(F)(F)F.O=C(O)C(F)(F)F. The molecule has 0 unspecified atom stereocenters. The van der Waals surface area contributed by atoms with E-state index in [1.165, 1.54) is 0 Å². The zero-order chi connectivity index (χ0) is 29.7. The third-order valence-corrected chi connectivity index (χ3v) is 5.59. The first-order valence-corrected chi connectivity index (χ1v) is 11.1. The van der Waals surface area contributed by atoms with Gasteiger partial charge in [0, 0.05) is 31.9 Å². The molecule has 2 atom stereocenters. The highest BCUT2D eigenvalue weighted by Crippen LogP contribution is 2.35. The lowest BCUT2D eigenvalue weighted by molar-refractivity contribution is -0.193. The van der Waals surface area contributed by atoms with Gasteiger partial charge in [0.1, 0.15) is 5.69 Å². The lowest BCUT2D eigenvalue weighted by atomic mass is 9.95. The van der Waals surface area contributed by atoms with Gasteiger partial charge in [0.2, 0.25) is 5.91 Å². The van der Waals surface area contributed by atoms with E-state index in [0.29, 0.717) is 25.1 Å². The Morgan fingerprint density at radius 3 is 2.00 bits per heavy atom. The smallest absolute Gasteiger partial charge is 0.475 e. The Balaban J connectivity index is 0.000000317. The quantitative estimate of drug-likeness (QED) is 0.527. The Hall–Kier alpha value is -4.18. The highest BCUT2D eigenvalue weighted by atomic mass is 19.4. The third-order valence-electron chi connectivity index (χ3n) is 5.59. The number of likely N-dealkylation sites (tertiary alicyclic amines) is 1. The van der Waals surface area contributed by atoms with Crippen molar-refractivity contribution in [3.8, 4) is 0 Å². The van der Waals surface area contributed by atoms with Crippen LogP contribution < -0.4 is 4.90 Å². The average molecular weight is 567 g/mol. The molecule has 17 heteroatoms. The molecule has 2 aromatic heterocycles. The first-order valence-electron chi connectivity index (χ1n) is 11.1. The van der Waals surface area contributed by atoms with Gasteiger partial charge in [-0.05, 0) is 31.9 Å². The van der Waals surface area contributed by atoms with Gasteiger partial charge < -0.3 is 20.0 Å². The summed E-state index contributed by atoms with van der Waals surface area (Å²) >= 11 is 0. The predicted molar refractivity (Wildman–Crippen MR) is 120 cm³/mol. The van der Waals surface area contributed by atoms with Gasteiger partial charge in [-0.3, -0.25) is 14.3 Å². The zero-order valence-corrected chi connectivity index (χ0v) is 20.4. The van der Waals surface area contributed by atoms with E-state index in [1.807, 2.05) is 42.1 Å². The van der Waals surface area contributed by atoms with Crippen molar-refractivity contribution in [2.75, 3.05) is 11.4 Å². The number of hydrogen-bond donors (Lipinski definition) is 2. The van der Waals surface area contributed by atoms with E-state index in [9.17, 15) is 35.9 Å². The Morgan fingerprint density at radius 2 is 1.54 bits per heavy atom. The molecule has 4 rings (SSSR count). The molecule has 2 saturated heterocycles. The maximum Gasteiger partial charge on any atom is 0.490 e. The number of pyridine rings is 1. The van der Waals surface area contributed by atoms with Gasteiger partial charge in [-0.15, -0.1) is 0 Å². The molecule has 2 amide bonds. The third kappa shape index (κ3) is 8.15. The molecular weight excluding hydrogens is 544 g/mol. The van der Waals surface area contributed by atoms with Crippen LogP contribution in [0.15, 0.2) is 30.6 Å². The molecule has 4 heterocycles. The molecule has 11 nitrogen and oxygen atoms in total. The Labute approximate surface area is 216 Å². The van der Waals surface area contributed by atoms with Crippen molar-refractivity contribution < 1.29 is 55.7 Å². The van der Waals surface area contributed by atoms with Crippen molar-refractivity contribution in [2.24, 2.45) is 7.05 Å². The lowest BCUT2D eigenvalue weighted by Crippen LogP contribution is -2.53. The number of fused-ring (bicyclic) bond motifs is 1. The zero-order valence-electron chi connectivity index (χ0n) is 20.4. The van der Waals surface area contributed by atoms with Gasteiger partial charge in [-0.1, -0.05) is 6.07 Å². The first-order chi connectivity index (χ1) is 17.9. The highest BCUT2D eigenvalue weighted by molar-refractivity contribution is 5.97. The monoisotopic (exact) mass is 567 g/mol. The van der Waals surface area contributed by atoms with Crippen LogP contribution in [0.1, 0.15) is 35.4 Å². The number of aromatic nitrogens is 3. The minimum absolute atomic E-state index is 0.0132. The summed E-state index contributed by atoms with van der Waals surface area (Å²) in [6.07, 6.45) is -4.67. The second-order valence-electron chi connectivity index (χ2n) is 8.37. The number of halogens is 6. The molecule has 0 aromatic carbocycles. The number of piperidine rings is 1. The number of amides is 2. The van der Waals surface area contributed by atoms with E-state index in [4.69, 9.17) is 19.8 Å². The molecule has 39 heavy (non-hydrogen) atoms. The second-order valence-corrected chi connectivity index (χ2v) is 8.37. The number of alkyl halides is 6. The summed E-state index contributed by atoms with van der Waals surface area (Å²) in [5, 5.41) is 18.4. The van der Waals surface area contributed by atoms with Gasteiger partial charge in [0.15, 0.2) is 0 Å². The molecule has 0 bridgehead atoms. The van der Waals surface area contributed by atoms with Gasteiger partial charge in [-0.25, -0.2) is 14.6 Å². The van der Waals surface area contributed by atoms with Crippen LogP contribution in [-0.2, 0) is 21.4 Å². The van der Waals surface area contributed by atoms with Gasteiger partial charge in [0.25, 0.3) is 5.91 Å². The number of carboxylic acids is 2. The molecule has 2 aliphatic rings. The van der Waals surface area contributed by atoms with E-state index in [2.05, 4.69) is 10.1 Å². The number of carboxylic acid groups (broad SMARTS) is 2. The topological polar surface area (TPSA) is 146 Å². The van der Waals surface area contributed by atoms with Crippen molar-refractivity contribution in [3.05, 3.63) is 42.0 Å². The summed E-state index contributed by atoms with van der Waals surface area (Å²) in [5.41, 5.74) is 2.12. The number of carbonyl (C=O) groups excluding carboxylic acids is 2. The van der Waals surface area contributed by atoms with E-state index >= 15 is 0 Å². The Morgan fingerprint density at radius 1 is 0.974 bits per heavy atom. The molecule has 2 aliphatic heterocycles. The number of aliphatic carboxylic acids is 2. The normalized spacial score (nSPS) is 18.8. The fourth-order valence-electron chi connectivity index (χ4n) is 3.99. The number of rotatable bonds is 2. The summed E-state index contributed by atoms with van der Waals surface area (Å²) in [6.45, 7) is 2.53. The van der Waals surface area contributed by atoms with Crippen molar-refractivity contribution in [1.29, 1.82) is 0 Å². The fraction of sp³-hybridized carbons (Fsp3) is 0.455. The lowest BCUT2D eigenvalue weighted by Gasteiger charge is -2.38. The molecule has 2 fully saturated rings. The van der Waals surface area contributed by atoms with E-state index in [-0.39, 0.29) is 23.9 Å². The first kappa shape index (κ1) is 31.0. The van der Waals surface area contributed by atoms with Crippen LogP contribution in [-0.4, -0.2) is 84.6 Å². The summed E-state index contributed by atoms with van der Waals surface area (Å²) in [4.78, 5) is 51.3. The highest BCUT2D eigenvalue weighted by Gasteiger charge is 2.46. The minimum atomic E-state index is -5.08. The van der Waals surface area contributed by atoms with Crippen LogP contribution in [0.3, 0.4) is 0 Å². The summed E-state index contributed by atoms with van der Waals surface area (Å²) in [6, 6.07) is 5.55. The molecule has 0 aliphatic carbocycles. The molecule has 0 radical (unpaired) electrons. The predicted octanol–water partition coefficient (Wildman–Crippen LogP) is 2.80.